The molecule has 2 aromatic rings. The number of aliphatic carboxylic acids is 2. The van der Waals surface area contributed by atoms with Crippen molar-refractivity contribution in [2.75, 3.05) is 25.5 Å². The van der Waals surface area contributed by atoms with E-state index in [0.717, 1.165) is 19.4 Å². The number of carbonyl (C=O) groups is 2. The summed E-state index contributed by atoms with van der Waals surface area (Å²) in [5.41, 5.74) is 1.24. The molecule has 36 heavy (non-hydrogen) atoms. The molecule has 0 radical (unpaired) electrons. The number of carboxylic acid groups (broad SMARTS) is 2. The van der Waals surface area contributed by atoms with E-state index in [1.54, 1.807) is 0 Å². The van der Waals surface area contributed by atoms with Crippen molar-refractivity contribution in [3.63, 3.8) is 0 Å². The van der Waals surface area contributed by atoms with Crippen LogP contribution in [0.2, 0.25) is 0 Å². The summed E-state index contributed by atoms with van der Waals surface area (Å²) in [5, 5.41) is 14.2. The van der Waals surface area contributed by atoms with Crippen LogP contribution in [0.5, 0.6) is 0 Å². The second-order valence-corrected chi connectivity index (χ2v) is 7.45. The van der Waals surface area contributed by atoms with Crippen LogP contribution in [-0.2, 0) is 16.0 Å². The van der Waals surface area contributed by atoms with E-state index in [9.17, 15) is 30.7 Å². The summed E-state index contributed by atoms with van der Waals surface area (Å²) in [6.07, 6.45) is -2.14. The van der Waals surface area contributed by atoms with Gasteiger partial charge in [-0.3, -0.25) is 4.98 Å². The number of alkyl halides is 6. The molecule has 3 heterocycles. The van der Waals surface area contributed by atoms with Gasteiger partial charge in [0.1, 0.15) is 0 Å². The lowest BCUT2D eigenvalue weighted by atomic mass is 10.0. The molecule has 2 atom stereocenters. The number of likely N-dealkylation sites (N-methyl/N-ethyl adjacent to an activating group) is 1. The molecule has 0 spiro atoms. The third-order valence-electron chi connectivity index (χ3n) is 4.72. The van der Waals surface area contributed by atoms with E-state index in [4.69, 9.17) is 19.8 Å². The molecule has 3 rings (SSSR count). The average molecular weight is 529 g/mol. The van der Waals surface area contributed by atoms with Crippen molar-refractivity contribution in [3.8, 4) is 0 Å². The highest BCUT2D eigenvalue weighted by molar-refractivity contribution is 5.73. The van der Waals surface area contributed by atoms with Gasteiger partial charge in [-0.2, -0.15) is 26.3 Å². The lowest BCUT2D eigenvalue weighted by Crippen LogP contribution is -2.44. The van der Waals surface area contributed by atoms with Crippen LogP contribution in [0.3, 0.4) is 0 Å². The molecule has 0 aliphatic carbocycles. The molecule has 1 aliphatic heterocycles. The zero-order valence-electron chi connectivity index (χ0n) is 18.8. The number of pyridine rings is 1. The van der Waals surface area contributed by atoms with Crippen molar-refractivity contribution < 1.29 is 50.5 Å². The van der Waals surface area contributed by atoms with E-state index in [1.165, 1.54) is 18.0 Å². The molecule has 9 nitrogen and oxygen atoms in total. The van der Waals surface area contributed by atoms with Gasteiger partial charge in [-0.05, 0) is 44.6 Å². The van der Waals surface area contributed by atoms with Crippen LogP contribution in [0.1, 0.15) is 12.0 Å². The monoisotopic (exact) mass is 529 g/mol. The summed E-state index contributed by atoms with van der Waals surface area (Å²) in [6.45, 7) is 0.879. The highest BCUT2D eigenvalue weighted by Gasteiger charge is 2.39. The van der Waals surface area contributed by atoms with Crippen molar-refractivity contribution in [1.82, 2.24) is 19.9 Å². The largest absolute Gasteiger partial charge is 0.490 e. The van der Waals surface area contributed by atoms with Gasteiger partial charge in [-0.1, -0.05) is 0 Å². The number of rotatable bonds is 4. The maximum Gasteiger partial charge on any atom is 0.490 e. The number of nitrogens with zero attached hydrogens (tertiary/aromatic N) is 5. The van der Waals surface area contributed by atoms with E-state index in [0.29, 0.717) is 12.0 Å². The van der Waals surface area contributed by atoms with Gasteiger partial charge >= 0.3 is 24.3 Å². The van der Waals surface area contributed by atoms with Crippen molar-refractivity contribution in [1.29, 1.82) is 0 Å². The maximum atomic E-state index is 13.1. The van der Waals surface area contributed by atoms with Gasteiger partial charge in [0.2, 0.25) is 5.95 Å². The van der Waals surface area contributed by atoms with E-state index < -0.39 is 30.1 Å². The molecule has 0 unspecified atom stereocenters. The Labute approximate surface area is 200 Å². The number of hydrogen-bond donors (Lipinski definition) is 2. The van der Waals surface area contributed by atoms with Gasteiger partial charge < -0.3 is 20.0 Å². The number of hydrogen-bond acceptors (Lipinski definition) is 7. The first kappa shape index (κ1) is 30.5. The fraction of sp³-hybridized carbons (Fsp3) is 0.450. The summed E-state index contributed by atoms with van der Waals surface area (Å²) < 4.78 is 76.5. The number of halogens is 7. The highest BCUT2D eigenvalue weighted by atomic mass is 19.4. The molecule has 0 aromatic carbocycles. The third kappa shape index (κ3) is 9.97. The first-order valence-corrected chi connectivity index (χ1v) is 9.93. The Morgan fingerprint density at radius 3 is 1.83 bits per heavy atom. The standard InChI is InChI=1S/C16H20FN5.2C2HF3O2/c1-21(2)14-5-8-22(16-19-10-13(17)11-20-16)15(14)9-12-3-6-18-7-4-12;2*3-2(4,5)1(6)7/h3-4,6-7,10-11,14-15H,5,8-9H2,1-2H3;2*(H,6,7)/t14-,15+;;/m1../s1. The average Bonchev–Trinajstić information content (AvgIpc) is 3.18. The molecule has 2 aromatic heterocycles. The lowest BCUT2D eigenvalue weighted by molar-refractivity contribution is -0.193. The van der Waals surface area contributed by atoms with Crippen LogP contribution < -0.4 is 4.90 Å². The van der Waals surface area contributed by atoms with Crippen LogP contribution in [-0.4, -0.2) is 87.1 Å². The summed E-state index contributed by atoms with van der Waals surface area (Å²) in [4.78, 5) is 34.6. The zero-order chi connectivity index (χ0) is 27.7. The molecule has 2 N–H and O–H groups in total. The van der Waals surface area contributed by atoms with Crippen molar-refractivity contribution in [3.05, 3.63) is 48.3 Å². The summed E-state index contributed by atoms with van der Waals surface area (Å²) in [5.74, 6) is -5.32. The van der Waals surface area contributed by atoms with Gasteiger partial charge in [-0.25, -0.2) is 23.9 Å². The van der Waals surface area contributed by atoms with Crippen LogP contribution in [0.15, 0.2) is 36.9 Å². The molecular formula is C20H22F7N5O4. The van der Waals surface area contributed by atoms with Crippen LogP contribution in [0.4, 0.5) is 36.7 Å². The Hall–Kier alpha value is -3.56. The fourth-order valence-corrected chi connectivity index (χ4v) is 3.15. The first-order valence-electron chi connectivity index (χ1n) is 9.93. The maximum absolute atomic E-state index is 13.1. The molecule has 1 fully saturated rings. The van der Waals surface area contributed by atoms with Crippen molar-refractivity contribution in [2.24, 2.45) is 0 Å². The van der Waals surface area contributed by atoms with Gasteiger partial charge in [0.15, 0.2) is 5.82 Å². The van der Waals surface area contributed by atoms with Crippen LogP contribution >= 0.6 is 0 Å². The van der Waals surface area contributed by atoms with E-state index in [2.05, 4.69) is 38.8 Å². The number of anilines is 1. The van der Waals surface area contributed by atoms with E-state index >= 15 is 0 Å². The molecule has 200 valence electrons. The summed E-state index contributed by atoms with van der Waals surface area (Å²) in [6, 6.07) is 4.76. The third-order valence-corrected chi connectivity index (χ3v) is 4.72. The summed E-state index contributed by atoms with van der Waals surface area (Å²) >= 11 is 0. The Morgan fingerprint density at radius 2 is 1.44 bits per heavy atom. The Balaban J connectivity index is 0.000000383. The molecule has 1 saturated heterocycles. The predicted octanol–water partition coefficient (Wildman–Crippen LogP) is 3.03. The second-order valence-electron chi connectivity index (χ2n) is 7.45. The van der Waals surface area contributed by atoms with Crippen molar-refractivity contribution >= 4 is 17.9 Å². The molecule has 0 amide bonds. The minimum absolute atomic E-state index is 0.267. The normalized spacial score (nSPS) is 17.6. The predicted molar refractivity (Wildman–Crippen MR) is 111 cm³/mol. The molecular weight excluding hydrogens is 507 g/mol. The summed E-state index contributed by atoms with van der Waals surface area (Å²) in [7, 11) is 4.19. The number of aromatic nitrogens is 3. The Morgan fingerprint density at radius 1 is 1.00 bits per heavy atom. The van der Waals surface area contributed by atoms with Gasteiger partial charge in [0.25, 0.3) is 0 Å². The lowest BCUT2D eigenvalue weighted by Gasteiger charge is -2.31. The minimum atomic E-state index is -5.08. The SMILES string of the molecule is CN(C)[C@@H]1CCN(c2ncc(F)cn2)[C@H]1Cc1ccncc1.O=C(O)C(F)(F)F.O=C(O)C(F)(F)F. The fourth-order valence-electron chi connectivity index (χ4n) is 3.15. The topological polar surface area (TPSA) is 120 Å². The highest BCUT2D eigenvalue weighted by Crippen LogP contribution is 2.27. The second kappa shape index (κ2) is 12.9. The van der Waals surface area contributed by atoms with Crippen molar-refractivity contribution in [2.45, 2.75) is 37.3 Å². The molecule has 1 aliphatic rings. The van der Waals surface area contributed by atoms with E-state index in [1.807, 2.05) is 24.5 Å². The van der Waals surface area contributed by atoms with Gasteiger partial charge in [0.05, 0.1) is 18.4 Å². The first-order chi connectivity index (χ1) is 16.5. The van der Waals surface area contributed by atoms with Gasteiger partial charge in [-0.15, -0.1) is 0 Å². The zero-order valence-corrected chi connectivity index (χ0v) is 18.8. The van der Waals surface area contributed by atoms with Crippen LogP contribution in [0.25, 0.3) is 0 Å². The Bertz CT molecular complexity index is 949. The quantitative estimate of drug-likeness (QED) is 0.576. The molecule has 16 heteroatoms. The Kier molecular flexibility index (Phi) is 11.0. The molecule has 0 saturated carbocycles. The molecule has 0 bridgehead atoms. The van der Waals surface area contributed by atoms with E-state index in [-0.39, 0.29) is 6.04 Å². The van der Waals surface area contributed by atoms with Gasteiger partial charge in [0, 0.05) is 25.0 Å². The minimum Gasteiger partial charge on any atom is -0.475 e. The van der Waals surface area contributed by atoms with Crippen LogP contribution in [0, 0.1) is 5.82 Å². The smallest absolute Gasteiger partial charge is 0.475 e. The number of carboxylic acids is 2.